The molecule has 1 aliphatic rings. The normalized spacial score (nSPS) is 13.7. The summed E-state index contributed by atoms with van der Waals surface area (Å²) in [7, 11) is 1.67. The van der Waals surface area contributed by atoms with Crippen molar-refractivity contribution in [1.82, 2.24) is 9.97 Å². The first-order chi connectivity index (χ1) is 9.83. The van der Waals surface area contributed by atoms with Crippen molar-refractivity contribution in [3.8, 4) is 17.1 Å². The van der Waals surface area contributed by atoms with Crippen LogP contribution >= 0.6 is 0 Å². The van der Waals surface area contributed by atoms with Crippen molar-refractivity contribution in [2.45, 2.75) is 13.2 Å². The molecule has 100 valence electrons. The minimum absolute atomic E-state index is 0.692. The SMILES string of the molecule is COc1ccc2nc(-c3ccc4c(c3)COC4)[nH]c2c1. The molecule has 20 heavy (non-hydrogen) atoms. The molecule has 0 saturated heterocycles. The number of rotatable bonds is 2. The van der Waals surface area contributed by atoms with E-state index >= 15 is 0 Å². The molecule has 0 aliphatic carbocycles. The van der Waals surface area contributed by atoms with Crippen molar-refractivity contribution < 1.29 is 9.47 Å². The van der Waals surface area contributed by atoms with Gasteiger partial charge in [0.2, 0.25) is 0 Å². The summed E-state index contributed by atoms with van der Waals surface area (Å²) >= 11 is 0. The van der Waals surface area contributed by atoms with E-state index in [1.807, 2.05) is 18.2 Å². The van der Waals surface area contributed by atoms with Gasteiger partial charge >= 0.3 is 0 Å². The van der Waals surface area contributed by atoms with E-state index in [2.05, 4.69) is 28.2 Å². The number of H-pyrrole nitrogens is 1. The molecule has 0 bridgehead atoms. The van der Waals surface area contributed by atoms with Crippen LogP contribution in [0, 0.1) is 0 Å². The first-order valence-corrected chi connectivity index (χ1v) is 6.57. The summed E-state index contributed by atoms with van der Waals surface area (Å²) in [5, 5.41) is 0. The Morgan fingerprint density at radius 2 is 2.00 bits per heavy atom. The monoisotopic (exact) mass is 266 g/mol. The lowest BCUT2D eigenvalue weighted by molar-refractivity contribution is 0.134. The lowest BCUT2D eigenvalue weighted by Gasteiger charge is -2.00. The molecule has 4 rings (SSSR count). The number of hydrogen-bond acceptors (Lipinski definition) is 3. The molecule has 4 nitrogen and oxygen atoms in total. The Hall–Kier alpha value is -2.33. The van der Waals surface area contributed by atoms with Crippen LogP contribution < -0.4 is 4.74 Å². The maximum absolute atomic E-state index is 5.45. The van der Waals surface area contributed by atoms with Gasteiger partial charge < -0.3 is 14.5 Å². The predicted octanol–water partition coefficient (Wildman–Crippen LogP) is 3.27. The molecule has 0 atom stereocenters. The van der Waals surface area contributed by atoms with Crippen molar-refractivity contribution >= 4 is 11.0 Å². The van der Waals surface area contributed by atoms with E-state index < -0.39 is 0 Å². The van der Waals surface area contributed by atoms with Gasteiger partial charge in [0.1, 0.15) is 11.6 Å². The first-order valence-electron chi connectivity index (χ1n) is 6.57. The molecule has 2 heterocycles. The van der Waals surface area contributed by atoms with Gasteiger partial charge in [0.15, 0.2) is 0 Å². The summed E-state index contributed by atoms with van der Waals surface area (Å²) in [5.41, 5.74) is 5.53. The molecule has 0 saturated carbocycles. The molecule has 2 aromatic carbocycles. The van der Waals surface area contributed by atoms with Gasteiger partial charge in [0, 0.05) is 11.6 Å². The summed E-state index contributed by atoms with van der Waals surface area (Å²) < 4.78 is 10.7. The van der Waals surface area contributed by atoms with E-state index in [1.165, 1.54) is 11.1 Å². The molecule has 1 N–H and O–H groups in total. The first kappa shape index (κ1) is 11.5. The van der Waals surface area contributed by atoms with E-state index in [0.29, 0.717) is 13.2 Å². The smallest absolute Gasteiger partial charge is 0.138 e. The van der Waals surface area contributed by atoms with Crippen molar-refractivity contribution in [3.63, 3.8) is 0 Å². The highest BCUT2D eigenvalue weighted by Crippen LogP contribution is 2.27. The Labute approximate surface area is 116 Å². The van der Waals surface area contributed by atoms with Crippen LogP contribution in [0.4, 0.5) is 0 Å². The topological polar surface area (TPSA) is 47.1 Å². The van der Waals surface area contributed by atoms with Crippen LogP contribution in [0.25, 0.3) is 22.4 Å². The molecule has 0 spiro atoms. The summed E-state index contributed by atoms with van der Waals surface area (Å²) in [4.78, 5) is 7.98. The van der Waals surface area contributed by atoms with Crippen molar-refractivity contribution in [2.24, 2.45) is 0 Å². The number of hydrogen-bond donors (Lipinski definition) is 1. The van der Waals surface area contributed by atoms with E-state index in [0.717, 1.165) is 28.2 Å². The second-order valence-electron chi connectivity index (χ2n) is 4.94. The number of methoxy groups -OCH3 is 1. The second kappa shape index (κ2) is 4.35. The molecule has 0 amide bonds. The molecule has 0 radical (unpaired) electrons. The van der Waals surface area contributed by atoms with Gasteiger partial charge in [-0.25, -0.2) is 4.98 Å². The maximum atomic E-state index is 5.45. The third kappa shape index (κ3) is 1.77. The van der Waals surface area contributed by atoms with Gasteiger partial charge in [0.25, 0.3) is 0 Å². The van der Waals surface area contributed by atoms with Crippen LogP contribution in [0.2, 0.25) is 0 Å². The molecule has 0 fully saturated rings. The number of aromatic nitrogens is 2. The van der Waals surface area contributed by atoms with Gasteiger partial charge in [-0.2, -0.15) is 0 Å². The Bertz CT molecular complexity index is 792. The highest BCUT2D eigenvalue weighted by Gasteiger charge is 2.13. The lowest BCUT2D eigenvalue weighted by Crippen LogP contribution is -1.85. The van der Waals surface area contributed by atoms with Crippen LogP contribution in [0.1, 0.15) is 11.1 Å². The van der Waals surface area contributed by atoms with Crippen LogP contribution in [-0.2, 0) is 18.0 Å². The highest BCUT2D eigenvalue weighted by molar-refractivity contribution is 5.80. The molecule has 1 aromatic heterocycles. The number of imidazole rings is 1. The number of nitrogens with one attached hydrogen (secondary N) is 1. The zero-order valence-electron chi connectivity index (χ0n) is 11.1. The molecular weight excluding hydrogens is 252 g/mol. The summed E-state index contributed by atoms with van der Waals surface area (Å²) in [6.07, 6.45) is 0. The van der Waals surface area contributed by atoms with Crippen molar-refractivity contribution in [3.05, 3.63) is 47.5 Å². The van der Waals surface area contributed by atoms with E-state index in [4.69, 9.17) is 9.47 Å². The van der Waals surface area contributed by atoms with Gasteiger partial charge in [-0.1, -0.05) is 12.1 Å². The average Bonchev–Trinajstić information content (AvgIpc) is 3.11. The number of benzene rings is 2. The third-order valence-corrected chi connectivity index (χ3v) is 3.68. The van der Waals surface area contributed by atoms with Crippen molar-refractivity contribution in [1.29, 1.82) is 0 Å². The van der Waals surface area contributed by atoms with E-state index in [1.54, 1.807) is 7.11 Å². The molecule has 0 unspecified atom stereocenters. The van der Waals surface area contributed by atoms with Crippen LogP contribution in [-0.4, -0.2) is 17.1 Å². The number of ether oxygens (including phenoxy) is 2. The van der Waals surface area contributed by atoms with Crippen LogP contribution in [0.5, 0.6) is 5.75 Å². The van der Waals surface area contributed by atoms with Crippen LogP contribution in [0.15, 0.2) is 36.4 Å². The van der Waals surface area contributed by atoms with Gasteiger partial charge in [-0.3, -0.25) is 0 Å². The fourth-order valence-corrected chi connectivity index (χ4v) is 2.57. The van der Waals surface area contributed by atoms with Gasteiger partial charge in [-0.05, 0) is 29.3 Å². The largest absolute Gasteiger partial charge is 0.497 e. The summed E-state index contributed by atoms with van der Waals surface area (Å²) in [6.45, 7) is 1.41. The number of fused-ring (bicyclic) bond motifs is 2. The van der Waals surface area contributed by atoms with Gasteiger partial charge in [-0.15, -0.1) is 0 Å². The highest BCUT2D eigenvalue weighted by atomic mass is 16.5. The van der Waals surface area contributed by atoms with Crippen LogP contribution in [0.3, 0.4) is 0 Å². The van der Waals surface area contributed by atoms with Gasteiger partial charge in [0.05, 0.1) is 31.4 Å². The molecular formula is C16H14N2O2. The molecule has 3 aromatic rings. The summed E-state index contributed by atoms with van der Waals surface area (Å²) in [5.74, 6) is 1.71. The molecule has 1 aliphatic heterocycles. The average molecular weight is 266 g/mol. The molecule has 4 heteroatoms. The second-order valence-corrected chi connectivity index (χ2v) is 4.94. The lowest BCUT2D eigenvalue weighted by atomic mass is 10.1. The van der Waals surface area contributed by atoms with E-state index in [9.17, 15) is 0 Å². The predicted molar refractivity (Wildman–Crippen MR) is 76.6 cm³/mol. The maximum Gasteiger partial charge on any atom is 0.138 e. The number of aromatic amines is 1. The van der Waals surface area contributed by atoms with E-state index in [-0.39, 0.29) is 0 Å². The minimum Gasteiger partial charge on any atom is -0.497 e. The zero-order valence-corrected chi connectivity index (χ0v) is 11.1. The number of nitrogens with zero attached hydrogens (tertiary/aromatic N) is 1. The Morgan fingerprint density at radius 3 is 2.90 bits per heavy atom. The summed E-state index contributed by atoms with van der Waals surface area (Å²) in [6, 6.07) is 12.2. The zero-order chi connectivity index (χ0) is 13.5. The quantitative estimate of drug-likeness (QED) is 0.774. The fourth-order valence-electron chi connectivity index (χ4n) is 2.57. The fraction of sp³-hybridized carbons (Fsp3) is 0.188. The Balaban J connectivity index is 1.81. The Kier molecular flexibility index (Phi) is 2.50. The third-order valence-electron chi connectivity index (χ3n) is 3.68. The minimum atomic E-state index is 0.692. The Morgan fingerprint density at radius 1 is 1.10 bits per heavy atom. The van der Waals surface area contributed by atoms with Crippen molar-refractivity contribution in [2.75, 3.05) is 7.11 Å². The standard InChI is InChI=1S/C16H14N2O2/c1-19-13-4-5-14-15(7-13)18-16(17-14)10-2-3-11-8-20-9-12(11)6-10/h2-7H,8-9H2,1H3,(H,17,18).